The van der Waals surface area contributed by atoms with Gasteiger partial charge in [0.15, 0.2) is 0 Å². The summed E-state index contributed by atoms with van der Waals surface area (Å²) in [6.45, 7) is 1.59. The number of amides is 2. The number of piperidine rings is 1. The maximum Gasteiger partial charge on any atom is 0.255 e. The van der Waals surface area contributed by atoms with Crippen LogP contribution in [0, 0.1) is 5.92 Å². The van der Waals surface area contributed by atoms with Crippen molar-refractivity contribution in [3.63, 3.8) is 0 Å². The van der Waals surface area contributed by atoms with E-state index in [0.29, 0.717) is 48.1 Å². The molecule has 0 atom stereocenters. The van der Waals surface area contributed by atoms with E-state index in [1.165, 1.54) is 0 Å². The van der Waals surface area contributed by atoms with Crippen LogP contribution in [0.4, 0.5) is 0 Å². The molecule has 136 valence electrons. The van der Waals surface area contributed by atoms with Gasteiger partial charge < -0.3 is 10.2 Å². The van der Waals surface area contributed by atoms with E-state index in [2.05, 4.69) is 5.32 Å². The Balaban J connectivity index is 1.53. The van der Waals surface area contributed by atoms with Gasteiger partial charge in [-0.05, 0) is 36.6 Å². The minimum atomic E-state index is -0.138. The van der Waals surface area contributed by atoms with Gasteiger partial charge in [0.2, 0.25) is 5.91 Å². The monoisotopic (exact) mass is 390 g/mol. The zero-order valence-electron chi connectivity index (χ0n) is 14.3. The Hall–Kier alpha value is -2.04. The Labute approximate surface area is 163 Å². The summed E-state index contributed by atoms with van der Waals surface area (Å²) in [5.74, 6) is -0.167. The average Bonchev–Trinajstić information content (AvgIpc) is 2.68. The number of benzene rings is 2. The van der Waals surface area contributed by atoms with Gasteiger partial charge in [-0.15, -0.1) is 0 Å². The van der Waals surface area contributed by atoms with E-state index in [1.807, 2.05) is 30.3 Å². The second-order valence-corrected chi connectivity index (χ2v) is 7.24. The molecule has 2 aromatic rings. The third kappa shape index (κ3) is 4.57. The van der Waals surface area contributed by atoms with Gasteiger partial charge in [0, 0.05) is 30.6 Å². The molecular formula is C20H20Cl2N2O2. The van der Waals surface area contributed by atoms with Crippen molar-refractivity contribution < 1.29 is 9.59 Å². The Morgan fingerprint density at radius 3 is 2.42 bits per heavy atom. The molecule has 1 saturated heterocycles. The Morgan fingerprint density at radius 1 is 1.04 bits per heavy atom. The second kappa shape index (κ2) is 8.56. The van der Waals surface area contributed by atoms with Crippen molar-refractivity contribution in [3.05, 3.63) is 69.7 Å². The highest BCUT2D eigenvalue weighted by Crippen LogP contribution is 2.25. The number of nitrogens with one attached hydrogen (secondary N) is 1. The Bertz CT molecular complexity index is 788. The lowest BCUT2D eigenvalue weighted by Gasteiger charge is -2.31. The molecule has 0 bridgehead atoms. The van der Waals surface area contributed by atoms with Crippen molar-refractivity contribution in [2.24, 2.45) is 5.92 Å². The van der Waals surface area contributed by atoms with Crippen molar-refractivity contribution in [2.75, 3.05) is 13.1 Å². The van der Waals surface area contributed by atoms with Crippen LogP contribution in [0.3, 0.4) is 0 Å². The van der Waals surface area contributed by atoms with E-state index in [1.54, 1.807) is 23.1 Å². The lowest BCUT2D eigenvalue weighted by atomic mass is 9.95. The van der Waals surface area contributed by atoms with Gasteiger partial charge in [-0.1, -0.05) is 53.5 Å². The molecule has 0 aromatic heterocycles. The van der Waals surface area contributed by atoms with Gasteiger partial charge in [0.05, 0.1) is 10.6 Å². The highest BCUT2D eigenvalue weighted by molar-refractivity contribution is 6.35. The lowest BCUT2D eigenvalue weighted by molar-refractivity contribution is -0.126. The number of hydrogen-bond donors (Lipinski definition) is 1. The van der Waals surface area contributed by atoms with Crippen molar-refractivity contribution in [3.8, 4) is 0 Å². The van der Waals surface area contributed by atoms with Crippen LogP contribution in [-0.2, 0) is 11.3 Å². The van der Waals surface area contributed by atoms with Crippen molar-refractivity contribution in [2.45, 2.75) is 19.4 Å². The number of halogens is 2. The van der Waals surface area contributed by atoms with Crippen LogP contribution in [0.25, 0.3) is 0 Å². The summed E-state index contributed by atoms with van der Waals surface area (Å²) < 4.78 is 0. The van der Waals surface area contributed by atoms with Crippen LogP contribution in [0.1, 0.15) is 28.8 Å². The molecule has 1 aliphatic heterocycles. The highest BCUT2D eigenvalue weighted by Gasteiger charge is 2.28. The van der Waals surface area contributed by atoms with Crippen LogP contribution in [-0.4, -0.2) is 29.8 Å². The fourth-order valence-electron chi connectivity index (χ4n) is 3.11. The van der Waals surface area contributed by atoms with E-state index < -0.39 is 0 Å². The molecule has 0 spiro atoms. The van der Waals surface area contributed by atoms with E-state index in [4.69, 9.17) is 23.2 Å². The minimum Gasteiger partial charge on any atom is -0.352 e. The SMILES string of the molecule is O=C(NCc1ccccc1)C1CCN(C(=O)c2cc(Cl)ccc2Cl)CC1. The molecule has 0 unspecified atom stereocenters. The average molecular weight is 391 g/mol. The molecule has 26 heavy (non-hydrogen) atoms. The van der Waals surface area contributed by atoms with Gasteiger partial charge in [0.1, 0.15) is 0 Å². The first-order valence-electron chi connectivity index (χ1n) is 8.60. The van der Waals surface area contributed by atoms with Crippen molar-refractivity contribution in [1.82, 2.24) is 10.2 Å². The van der Waals surface area contributed by atoms with Gasteiger partial charge in [-0.2, -0.15) is 0 Å². The zero-order valence-corrected chi connectivity index (χ0v) is 15.8. The Morgan fingerprint density at radius 2 is 1.73 bits per heavy atom. The molecule has 2 amide bonds. The molecular weight excluding hydrogens is 371 g/mol. The summed E-state index contributed by atoms with van der Waals surface area (Å²) in [4.78, 5) is 26.7. The summed E-state index contributed by atoms with van der Waals surface area (Å²) in [6.07, 6.45) is 1.29. The highest BCUT2D eigenvalue weighted by atomic mass is 35.5. The summed E-state index contributed by atoms with van der Waals surface area (Å²) in [7, 11) is 0. The van der Waals surface area contributed by atoms with Crippen molar-refractivity contribution >= 4 is 35.0 Å². The predicted octanol–water partition coefficient (Wildman–Crippen LogP) is 4.16. The predicted molar refractivity (Wildman–Crippen MR) is 103 cm³/mol. The van der Waals surface area contributed by atoms with Gasteiger partial charge in [-0.25, -0.2) is 0 Å². The number of likely N-dealkylation sites (tertiary alicyclic amines) is 1. The fourth-order valence-corrected chi connectivity index (χ4v) is 3.48. The molecule has 4 nitrogen and oxygen atoms in total. The first-order valence-corrected chi connectivity index (χ1v) is 9.36. The summed E-state index contributed by atoms with van der Waals surface area (Å²) >= 11 is 12.1. The van der Waals surface area contributed by atoms with E-state index in [-0.39, 0.29) is 17.7 Å². The second-order valence-electron chi connectivity index (χ2n) is 6.39. The van der Waals surface area contributed by atoms with Crippen LogP contribution < -0.4 is 5.32 Å². The zero-order chi connectivity index (χ0) is 18.5. The van der Waals surface area contributed by atoms with E-state index in [0.717, 1.165) is 5.56 Å². The normalized spacial score (nSPS) is 14.9. The number of rotatable bonds is 4. The van der Waals surface area contributed by atoms with Gasteiger partial charge in [0.25, 0.3) is 5.91 Å². The van der Waals surface area contributed by atoms with Gasteiger partial charge in [-0.3, -0.25) is 9.59 Å². The molecule has 1 aliphatic rings. The standard InChI is InChI=1S/C20H20Cl2N2O2/c21-16-6-7-18(22)17(12-16)20(26)24-10-8-15(9-11-24)19(25)23-13-14-4-2-1-3-5-14/h1-7,12,15H,8-11,13H2,(H,23,25). The largest absolute Gasteiger partial charge is 0.352 e. The molecule has 2 aromatic carbocycles. The van der Waals surface area contributed by atoms with Crippen LogP contribution in [0.5, 0.6) is 0 Å². The lowest BCUT2D eigenvalue weighted by Crippen LogP contribution is -2.43. The molecule has 6 heteroatoms. The number of carbonyl (C=O) groups is 2. The third-order valence-corrected chi connectivity index (χ3v) is 5.19. The summed E-state index contributed by atoms with van der Waals surface area (Å²) in [5.41, 5.74) is 1.48. The first kappa shape index (κ1) is 18.7. The molecule has 1 heterocycles. The summed E-state index contributed by atoms with van der Waals surface area (Å²) in [5, 5.41) is 3.85. The molecule has 0 aliphatic carbocycles. The smallest absolute Gasteiger partial charge is 0.255 e. The topological polar surface area (TPSA) is 49.4 Å². The van der Waals surface area contributed by atoms with E-state index in [9.17, 15) is 9.59 Å². The molecule has 0 saturated carbocycles. The quantitative estimate of drug-likeness (QED) is 0.851. The number of nitrogens with zero attached hydrogens (tertiary/aromatic N) is 1. The Kier molecular flexibility index (Phi) is 6.17. The van der Waals surface area contributed by atoms with Gasteiger partial charge >= 0.3 is 0 Å². The molecule has 3 rings (SSSR count). The van der Waals surface area contributed by atoms with Crippen LogP contribution in [0.15, 0.2) is 48.5 Å². The van der Waals surface area contributed by atoms with E-state index >= 15 is 0 Å². The molecule has 1 fully saturated rings. The maximum absolute atomic E-state index is 12.6. The third-order valence-electron chi connectivity index (χ3n) is 4.62. The number of hydrogen-bond acceptors (Lipinski definition) is 2. The first-order chi connectivity index (χ1) is 12.5. The molecule has 1 N–H and O–H groups in total. The van der Waals surface area contributed by atoms with Crippen LogP contribution >= 0.6 is 23.2 Å². The van der Waals surface area contributed by atoms with Crippen LogP contribution in [0.2, 0.25) is 10.0 Å². The summed E-state index contributed by atoms with van der Waals surface area (Å²) in [6, 6.07) is 14.7. The fraction of sp³-hybridized carbons (Fsp3) is 0.300. The molecule has 0 radical (unpaired) electrons. The van der Waals surface area contributed by atoms with Crippen molar-refractivity contribution in [1.29, 1.82) is 0 Å². The maximum atomic E-state index is 12.6. The number of carbonyl (C=O) groups excluding carboxylic acids is 2. The minimum absolute atomic E-state index is 0.0433.